The van der Waals surface area contributed by atoms with Crippen molar-refractivity contribution in [3.8, 4) is 0 Å². The lowest BCUT2D eigenvalue weighted by Gasteiger charge is -2.08. The first kappa shape index (κ1) is 19.1. The monoisotopic (exact) mass is 336 g/mol. The van der Waals surface area contributed by atoms with Crippen LogP contribution in [0.1, 0.15) is 38.2 Å². The molecule has 0 radical (unpaired) electrons. The number of amides is 1. The molecule has 0 heterocycles. The van der Waals surface area contributed by atoms with Crippen LogP contribution in [0.3, 0.4) is 0 Å². The first-order chi connectivity index (χ1) is 11.1. The van der Waals surface area contributed by atoms with Crippen LogP contribution in [0.25, 0.3) is 0 Å². The van der Waals surface area contributed by atoms with Crippen LogP contribution in [0.15, 0.2) is 30.3 Å². The van der Waals surface area contributed by atoms with Gasteiger partial charge in [-0.15, -0.1) is 0 Å². The summed E-state index contributed by atoms with van der Waals surface area (Å²) in [5.41, 5.74) is 1.22. The van der Waals surface area contributed by atoms with E-state index in [-0.39, 0.29) is 24.7 Å². The standard InChI is InChI=1S/C17H24N2O3S/c1-2-12-18-17(23)19-15(20)10-11-16(21)22-13-6-9-14-7-4-3-5-8-14/h3-5,7-8H,2,6,9-13H2,1H3,(H2,18,19,20,23). The van der Waals surface area contributed by atoms with Gasteiger partial charge in [0.15, 0.2) is 5.11 Å². The minimum Gasteiger partial charge on any atom is -0.466 e. The van der Waals surface area contributed by atoms with Crippen molar-refractivity contribution in [2.75, 3.05) is 13.2 Å². The van der Waals surface area contributed by atoms with Gasteiger partial charge in [0.05, 0.1) is 13.0 Å². The second-order valence-electron chi connectivity index (χ2n) is 5.11. The molecule has 1 aromatic rings. The van der Waals surface area contributed by atoms with E-state index in [1.807, 2.05) is 37.3 Å². The highest BCUT2D eigenvalue weighted by molar-refractivity contribution is 7.80. The maximum atomic E-state index is 11.6. The van der Waals surface area contributed by atoms with Crippen LogP contribution in [0, 0.1) is 0 Å². The van der Waals surface area contributed by atoms with Crippen LogP contribution in [0.5, 0.6) is 0 Å². The van der Waals surface area contributed by atoms with Crippen molar-refractivity contribution >= 4 is 29.2 Å². The molecule has 2 N–H and O–H groups in total. The molecule has 126 valence electrons. The third-order valence-electron chi connectivity index (χ3n) is 3.06. The predicted octanol–water partition coefficient (Wildman–Crippen LogP) is 2.34. The van der Waals surface area contributed by atoms with Gasteiger partial charge in [-0.25, -0.2) is 0 Å². The normalized spacial score (nSPS) is 9.96. The smallest absolute Gasteiger partial charge is 0.306 e. The number of esters is 1. The molecule has 0 aliphatic rings. The van der Waals surface area contributed by atoms with Gasteiger partial charge >= 0.3 is 5.97 Å². The van der Waals surface area contributed by atoms with Gasteiger partial charge in [-0.1, -0.05) is 37.3 Å². The molecule has 1 aromatic carbocycles. The van der Waals surface area contributed by atoms with Crippen molar-refractivity contribution in [1.29, 1.82) is 0 Å². The molecular weight excluding hydrogens is 312 g/mol. The van der Waals surface area contributed by atoms with E-state index < -0.39 is 0 Å². The molecule has 0 saturated heterocycles. The summed E-state index contributed by atoms with van der Waals surface area (Å²) in [5.74, 6) is -0.638. The maximum Gasteiger partial charge on any atom is 0.306 e. The average molecular weight is 336 g/mol. The van der Waals surface area contributed by atoms with Crippen LogP contribution in [-0.4, -0.2) is 30.1 Å². The number of hydrogen-bond acceptors (Lipinski definition) is 4. The largest absolute Gasteiger partial charge is 0.466 e. The second-order valence-corrected chi connectivity index (χ2v) is 5.52. The van der Waals surface area contributed by atoms with Crippen molar-refractivity contribution in [2.24, 2.45) is 0 Å². The number of nitrogens with one attached hydrogen (secondary N) is 2. The zero-order valence-corrected chi connectivity index (χ0v) is 14.3. The summed E-state index contributed by atoms with van der Waals surface area (Å²) in [6.07, 6.45) is 2.70. The Morgan fingerprint density at radius 1 is 1.17 bits per heavy atom. The van der Waals surface area contributed by atoms with Gasteiger partial charge in [0, 0.05) is 13.0 Å². The molecule has 0 spiro atoms. The Labute approximate surface area is 142 Å². The van der Waals surface area contributed by atoms with E-state index in [9.17, 15) is 9.59 Å². The SMILES string of the molecule is CCCNC(=S)NC(=O)CCC(=O)OCCCc1ccccc1. The van der Waals surface area contributed by atoms with Gasteiger partial charge in [0.2, 0.25) is 5.91 Å². The fourth-order valence-corrected chi connectivity index (χ4v) is 2.08. The maximum absolute atomic E-state index is 11.6. The van der Waals surface area contributed by atoms with E-state index in [4.69, 9.17) is 17.0 Å². The molecule has 6 heteroatoms. The third kappa shape index (κ3) is 9.63. The molecule has 0 saturated carbocycles. The molecule has 0 fully saturated rings. The highest BCUT2D eigenvalue weighted by atomic mass is 32.1. The Kier molecular flexibility index (Phi) is 9.63. The summed E-state index contributed by atoms with van der Waals surface area (Å²) in [4.78, 5) is 23.2. The first-order valence-corrected chi connectivity index (χ1v) is 8.30. The fraction of sp³-hybridized carbons (Fsp3) is 0.471. The number of aryl methyl sites for hydroxylation is 1. The molecule has 1 amide bonds. The van der Waals surface area contributed by atoms with Crippen LogP contribution < -0.4 is 10.6 Å². The minimum atomic E-state index is -0.361. The molecule has 23 heavy (non-hydrogen) atoms. The second kappa shape index (κ2) is 11.6. The molecule has 0 bridgehead atoms. The van der Waals surface area contributed by atoms with Gasteiger partial charge in [-0.05, 0) is 37.0 Å². The number of carbonyl (C=O) groups is 2. The average Bonchev–Trinajstić information content (AvgIpc) is 2.56. The molecule has 0 atom stereocenters. The lowest BCUT2D eigenvalue weighted by molar-refractivity contribution is -0.145. The summed E-state index contributed by atoms with van der Waals surface area (Å²) in [6.45, 7) is 3.08. The minimum absolute atomic E-state index is 0.0631. The summed E-state index contributed by atoms with van der Waals surface area (Å²) in [5, 5.41) is 5.72. The Bertz CT molecular complexity index is 506. The molecular formula is C17H24N2O3S. The van der Waals surface area contributed by atoms with Gasteiger partial charge in [0.1, 0.15) is 0 Å². The van der Waals surface area contributed by atoms with Crippen LogP contribution in [-0.2, 0) is 20.7 Å². The predicted molar refractivity (Wildman–Crippen MR) is 94.0 cm³/mol. The number of ether oxygens (including phenoxy) is 1. The fourth-order valence-electron chi connectivity index (χ4n) is 1.87. The summed E-state index contributed by atoms with van der Waals surface area (Å²) in [6, 6.07) is 10.0. The zero-order chi connectivity index (χ0) is 16.9. The van der Waals surface area contributed by atoms with E-state index in [0.29, 0.717) is 18.3 Å². The van der Waals surface area contributed by atoms with E-state index in [1.54, 1.807) is 0 Å². The Hall–Kier alpha value is -1.95. The highest BCUT2D eigenvalue weighted by Gasteiger charge is 2.09. The Morgan fingerprint density at radius 2 is 1.91 bits per heavy atom. The topological polar surface area (TPSA) is 67.4 Å². The van der Waals surface area contributed by atoms with Crippen LogP contribution >= 0.6 is 12.2 Å². The molecule has 5 nitrogen and oxygen atoms in total. The Balaban J connectivity index is 2.07. The van der Waals surface area contributed by atoms with Crippen molar-refractivity contribution in [3.63, 3.8) is 0 Å². The number of thiocarbonyl (C=S) groups is 1. The van der Waals surface area contributed by atoms with E-state index in [2.05, 4.69) is 10.6 Å². The summed E-state index contributed by atoms with van der Waals surface area (Å²) < 4.78 is 5.12. The molecule has 1 rings (SSSR count). The van der Waals surface area contributed by atoms with Crippen LogP contribution in [0.4, 0.5) is 0 Å². The van der Waals surface area contributed by atoms with Crippen molar-refractivity contribution in [3.05, 3.63) is 35.9 Å². The first-order valence-electron chi connectivity index (χ1n) is 7.89. The number of hydrogen-bond donors (Lipinski definition) is 2. The van der Waals surface area contributed by atoms with Crippen molar-refractivity contribution < 1.29 is 14.3 Å². The lowest BCUT2D eigenvalue weighted by Crippen LogP contribution is -2.39. The quantitative estimate of drug-likeness (QED) is 0.412. The molecule has 0 aliphatic carbocycles. The molecule has 0 aromatic heterocycles. The van der Waals surface area contributed by atoms with Crippen molar-refractivity contribution in [2.45, 2.75) is 39.0 Å². The van der Waals surface area contributed by atoms with E-state index in [0.717, 1.165) is 19.3 Å². The van der Waals surface area contributed by atoms with Crippen LogP contribution in [0.2, 0.25) is 0 Å². The van der Waals surface area contributed by atoms with Gasteiger partial charge in [-0.3, -0.25) is 9.59 Å². The highest BCUT2D eigenvalue weighted by Crippen LogP contribution is 2.03. The van der Waals surface area contributed by atoms with E-state index >= 15 is 0 Å². The van der Waals surface area contributed by atoms with Gasteiger partial charge < -0.3 is 15.4 Å². The Morgan fingerprint density at radius 3 is 2.61 bits per heavy atom. The van der Waals surface area contributed by atoms with Gasteiger partial charge in [0.25, 0.3) is 0 Å². The molecule has 0 aliphatic heterocycles. The number of carbonyl (C=O) groups excluding carboxylic acids is 2. The van der Waals surface area contributed by atoms with Gasteiger partial charge in [-0.2, -0.15) is 0 Å². The lowest BCUT2D eigenvalue weighted by atomic mass is 10.1. The summed E-state index contributed by atoms with van der Waals surface area (Å²) >= 11 is 4.95. The third-order valence-corrected chi connectivity index (χ3v) is 3.31. The number of benzene rings is 1. The zero-order valence-electron chi connectivity index (χ0n) is 13.5. The van der Waals surface area contributed by atoms with E-state index in [1.165, 1.54) is 5.56 Å². The number of rotatable bonds is 9. The molecule has 0 unspecified atom stereocenters. The van der Waals surface area contributed by atoms with Crippen molar-refractivity contribution in [1.82, 2.24) is 10.6 Å². The summed E-state index contributed by atoms with van der Waals surface area (Å²) in [7, 11) is 0.